The van der Waals surface area contributed by atoms with E-state index in [2.05, 4.69) is 28.8 Å². The minimum Gasteiger partial charge on any atom is -0.491 e. The highest BCUT2D eigenvalue weighted by atomic mass is 16.5. The largest absolute Gasteiger partial charge is 0.491 e. The summed E-state index contributed by atoms with van der Waals surface area (Å²) in [6.45, 7) is 3.77. The van der Waals surface area contributed by atoms with Gasteiger partial charge in [-0.1, -0.05) is 26.0 Å². The van der Waals surface area contributed by atoms with Gasteiger partial charge < -0.3 is 24.9 Å². The first-order chi connectivity index (χ1) is 14.9. The maximum atomic E-state index is 13.5. The minimum atomic E-state index is -0.949. The van der Waals surface area contributed by atoms with Crippen LogP contribution in [-0.2, 0) is 5.41 Å². The molecule has 1 unspecified atom stereocenters. The lowest BCUT2D eigenvalue weighted by Crippen LogP contribution is -2.30. The highest BCUT2D eigenvalue weighted by molar-refractivity contribution is 6.20. The lowest BCUT2D eigenvalue weighted by Gasteiger charge is -2.32. The van der Waals surface area contributed by atoms with Gasteiger partial charge in [0.15, 0.2) is 5.78 Å². The van der Waals surface area contributed by atoms with Crippen molar-refractivity contribution in [3.05, 3.63) is 71.3 Å². The Balaban J connectivity index is 1.60. The van der Waals surface area contributed by atoms with Crippen LogP contribution >= 0.6 is 0 Å². The molecule has 0 saturated heterocycles. The summed E-state index contributed by atoms with van der Waals surface area (Å²) in [5.41, 5.74) is 5.42. The molecule has 0 amide bonds. The van der Waals surface area contributed by atoms with E-state index >= 15 is 0 Å². The van der Waals surface area contributed by atoms with E-state index in [-0.39, 0.29) is 19.0 Å². The number of aliphatic hydroxyl groups is 2. The highest BCUT2D eigenvalue weighted by Gasteiger charge is 2.39. The number of H-pyrrole nitrogens is 2. The molecule has 2 aromatic carbocycles. The summed E-state index contributed by atoms with van der Waals surface area (Å²) in [6, 6.07) is 11.4. The molecule has 0 aliphatic heterocycles. The van der Waals surface area contributed by atoms with Crippen molar-refractivity contribution in [3.63, 3.8) is 0 Å². The summed E-state index contributed by atoms with van der Waals surface area (Å²) in [5.74, 6) is 0.528. The van der Waals surface area contributed by atoms with Crippen LogP contribution in [0, 0.1) is 0 Å². The van der Waals surface area contributed by atoms with Crippen molar-refractivity contribution in [2.75, 3.05) is 13.2 Å². The van der Waals surface area contributed by atoms with Gasteiger partial charge in [-0.05, 0) is 29.8 Å². The second-order valence-electron chi connectivity index (χ2n) is 8.41. The number of hydrogen-bond acceptors (Lipinski definition) is 5. The average molecular weight is 417 g/mol. The Labute approximate surface area is 178 Å². The number of ether oxygens (including phenoxy) is 1. The number of nitrogens with zero attached hydrogens (tertiary/aromatic N) is 1. The van der Waals surface area contributed by atoms with E-state index < -0.39 is 11.5 Å². The second-order valence-corrected chi connectivity index (χ2v) is 8.41. The molecule has 1 aliphatic carbocycles. The number of hydrogen-bond donors (Lipinski definition) is 4. The Kier molecular flexibility index (Phi) is 4.46. The van der Waals surface area contributed by atoms with E-state index in [4.69, 9.17) is 9.84 Å². The van der Waals surface area contributed by atoms with Gasteiger partial charge in [0, 0.05) is 33.1 Å². The van der Waals surface area contributed by atoms with Crippen LogP contribution in [0.5, 0.6) is 5.75 Å². The number of fused-ring (bicyclic) bond motifs is 4. The summed E-state index contributed by atoms with van der Waals surface area (Å²) in [7, 11) is 0. The molecule has 0 fully saturated rings. The Bertz CT molecular complexity index is 1290. The monoisotopic (exact) mass is 417 g/mol. The van der Waals surface area contributed by atoms with Crippen molar-refractivity contribution >= 4 is 16.7 Å². The van der Waals surface area contributed by atoms with Gasteiger partial charge in [-0.2, -0.15) is 0 Å². The van der Waals surface area contributed by atoms with Crippen molar-refractivity contribution in [1.29, 1.82) is 0 Å². The van der Waals surface area contributed by atoms with E-state index in [9.17, 15) is 9.90 Å². The number of aromatic nitrogens is 3. The lowest BCUT2D eigenvalue weighted by molar-refractivity contribution is 0.0535. The molecule has 0 radical (unpaired) electrons. The molecule has 2 aromatic heterocycles. The number of carbonyl (C=O) groups excluding carboxylic acids is 1. The fourth-order valence-corrected chi connectivity index (χ4v) is 4.33. The number of carbonyl (C=O) groups is 1. The van der Waals surface area contributed by atoms with Gasteiger partial charge in [0.05, 0.1) is 30.4 Å². The standard InChI is InChI=1S/C24H23N3O4/c1-24(2)18-8-15(31-11-14(29)10-28)4-6-16(18)22(30)21-17-5-3-13(20-9-25-12-26-20)7-19(17)27-23(21)24/h3-9,12,14,27-29H,10-11H2,1-2H3,(H,25,26). The zero-order valence-electron chi connectivity index (χ0n) is 17.3. The van der Waals surface area contributed by atoms with Crippen LogP contribution in [0.3, 0.4) is 0 Å². The fraction of sp³-hybridized carbons (Fsp3) is 0.250. The SMILES string of the molecule is CC1(C)c2cc(OCC(O)CO)ccc2C(=O)c2c1[nH]c1cc(-c3cnc[nH]3)ccc21. The first-order valence-corrected chi connectivity index (χ1v) is 10.2. The van der Waals surface area contributed by atoms with E-state index in [1.165, 1.54) is 0 Å². The van der Waals surface area contributed by atoms with Crippen molar-refractivity contribution in [2.24, 2.45) is 0 Å². The molecule has 1 atom stereocenters. The van der Waals surface area contributed by atoms with Crippen LogP contribution in [0.25, 0.3) is 22.2 Å². The lowest BCUT2D eigenvalue weighted by atomic mass is 9.71. The first-order valence-electron chi connectivity index (χ1n) is 10.2. The van der Waals surface area contributed by atoms with Crippen molar-refractivity contribution in [3.8, 4) is 17.0 Å². The third-order valence-electron chi connectivity index (χ3n) is 6.02. The van der Waals surface area contributed by atoms with E-state index in [1.807, 2.05) is 24.3 Å². The second kappa shape index (κ2) is 7.08. The van der Waals surface area contributed by atoms with Gasteiger partial charge in [-0.3, -0.25) is 4.79 Å². The smallest absolute Gasteiger partial charge is 0.195 e. The van der Waals surface area contributed by atoms with Gasteiger partial charge >= 0.3 is 0 Å². The van der Waals surface area contributed by atoms with Crippen LogP contribution in [-0.4, -0.2) is 50.3 Å². The Morgan fingerprint density at radius 2 is 2.03 bits per heavy atom. The Hall–Kier alpha value is -3.42. The molecule has 0 bridgehead atoms. The quantitative estimate of drug-likeness (QED) is 0.399. The van der Waals surface area contributed by atoms with Crippen molar-refractivity contribution in [2.45, 2.75) is 25.4 Å². The predicted molar refractivity (Wildman–Crippen MR) is 116 cm³/mol. The summed E-state index contributed by atoms with van der Waals surface area (Å²) < 4.78 is 5.62. The minimum absolute atomic E-state index is 0.0162. The normalized spacial score (nSPS) is 15.5. The molecule has 158 valence electrons. The van der Waals surface area contributed by atoms with E-state index in [0.717, 1.165) is 33.4 Å². The third-order valence-corrected chi connectivity index (χ3v) is 6.02. The summed E-state index contributed by atoms with van der Waals surface area (Å²) in [4.78, 5) is 24.1. The first kappa shape index (κ1) is 19.5. The molecule has 4 aromatic rings. The number of ketones is 1. The van der Waals surface area contributed by atoms with Crippen LogP contribution in [0.15, 0.2) is 48.9 Å². The van der Waals surface area contributed by atoms with Gasteiger partial charge in [-0.15, -0.1) is 0 Å². The zero-order valence-corrected chi connectivity index (χ0v) is 17.3. The average Bonchev–Trinajstić information content (AvgIpc) is 3.44. The molecule has 31 heavy (non-hydrogen) atoms. The van der Waals surface area contributed by atoms with E-state index in [1.54, 1.807) is 24.7 Å². The predicted octanol–water partition coefficient (Wildman–Crippen LogP) is 3.16. The van der Waals surface area contributed by atoms with Crippen LogP contribution in [0.4, 0.5) is 0 Å². The van der Waals surface area contributed by atoms with Crippen LogP contribution in [0.1, 0.15) is 41.0 Å². The van der Waals surface area contributed by atoms with E-state index in [0.29, 0.717) is 16.9 Å². The molecule has 2 heterocycles. The van der Waals surface area contributed by atoms with Crippen LogP contribution in [0.2, 0.25) is 0 Å². The molecule has 5 rings (SSSR count). The summed E-state index contributed by atoms with van der Waals surface area (Å²) in [6.07, 6.45) is 2.46. The molecule has 4 N–H and O–H groups in total. The number of rotatable bonds is 5. The highest BCUT2D eigenvalue weighted by Crippen LogP contribution is 2.45. The Morgan fingerprint density at radius 3 is 2.77 bits per heavy atom. The molecule has 0 saturated carbocycles. The Morgan fingerprint density at radius 1 is 1.19 bits per heavy atom. The number of nitrogens with one attached hydrogen (secondary N) is 2. The zero-order chi connectivity index (χ0) is 21.8. The summed E-state index contributed by atoms with van der Waals surface area (Å²) >= 11 is 0. The number of benzene rings is 2. The van der Waals surface area contributed by atoms with Gasteiger partial charge in [0.25, 0.3) is 0 Å². The number of aliphatic hydroxyl groups excluding tert-OH is 2. The number of aromatic amines is 2. The molecule has 7 nitrogen and oxygen atoms in total. The van der Waals surface area contributed by atoms with Gasteiger partial charge in [0.1, 0.15) is 18.5 Å². The third kappa shape index (κ3) is 3.05. The molecular formula is C24H23N3O4. The molecular weight excluding hydrogens is 394 g/mol. The topological polar surface area (TPSA) is 111 Å². The van der Waals surface area contributed by atoms with Crippen LogP contribution < -0.4 is 4.74 Å². The molecule has 0 spiro atoms. The van der Waals surface area contributed by atoms with Crippen molar-refractivity contribution < 1.29 is 19.7 Å². The van der Waals surface area contributed by atoms with Gasteiger partial charge in [-0.25, -0.2) is 4.98 Å². The number of imidazole rings is 1. The maximum absolute atomic E-state index is 13.5. The summed E-state index contributed by atoms with van der Waals surface area (Å²) in [5, 5.41) is 19.5. The van der Waals surface area contributed by atoms with Crippen molar-refractivity contribution in [1.82, 2.24) is 15.0 Å². The molecule has 1 aliphatic rings. The molecule has 7 heteroatoms. The maximum Gasteiger partial charge on any atom is 0.195 e. The van der Waals surface area contributed by atoms with Gasteiger partial charge in [0.2, 0.25) is 0 Å². The fourth-order valence-electron chi connectivity index (χ4n) is 4.33.